The van der Waals surface area contributed by atoms with Crippen LogP contribution in [-0.4, -0.2) is 9.13 Å². The maximum atomic E-state index is 13.5. The van der Waals surface area contributed by atoms with Gasteiger partial charge in [0.2, 0.25) is 5.82 Å². The van der Waals surface area contributed by atoms with Crippen molar-refractivity contribution in [3.8, 4) is 0 Å². The van der Waals surface area contributed by atoms with Gasteiger partial charge in [0, 0.05) is 16.2 Å². The highest BCUT2D eigenvalue weighted by Crippen LogP contribution is 2.25. The van der Waals surface area contributed by atoms with Crippen molar-refractivity contribution >= 4 is 38.1 Å². The average molecular weight is 373 g/mol. The Balaban J connectivity index is 2.26. The van der Waals surface area contributed by atoms with Crippen LogP contribution in [0.5, 0.6) is 0 Å². The average Bonchev–Trinajstić information content (AvgIpc) is 2.41. The molecule has 1 atom stereocenters. The number of nitro groups is 1. The summed E-state index contributed by atoms with van der Waals surface area (Å²) in [5.74, 6) is -0.924. The number of nitrogen functional groups attached to an aromatic ring is 1. The normalized spacial score (nSPS) is 12.1. The third-order valence-corrected chi connectivity index (χ3v) is 4.66. The summed E-state index contributed by atoms with van der Waals surface area (Å²) in [4.78, 5) is 10.2. The van der Waals surface area contributed by atoms with Gasteiger partial charge in [-0.2, -0.15) is 4.39 Å². The Morgan fingerprint density at radius 1 is 1.29 bits per heavy atom. The van der Waals surface area contributed by atoms with Crippen molar-refractivity contribution in [3.63, 3.8) is 0 Å². The van der Waals surface area contributed by atoms with Crippen LogP contribution in [0.4, 0.5) is 15.8 Å². The summed E-state index contributed by atoms with van der Waals surface area (Å²) in [6, 6.07) is 8.44. The molecule has 5 nitrogen and oxygen atoms in total. The lowest BCUT2D eigenvalue weighted by Crippen LogP contribution is -2.02. The van der Waals surface area contributed by atoms with Crippen LogP contribution >= 0.6 is 15.9 Å². The summed E-state index contributed by atoms with van der Waals surface area (Å²) in [6.45, 7) is 0. The highest BCUT2D eigenvalue weighted by molar-refractivity contribution is 9.10. The number of hydrogen-bond donors (Lipinski definition) is 1. The molecule has 2 rings (SSSR count). The van der Waals surface area contributed by atoms with E-state index in [0.717, 1.165) is 16.6 Å². The van der Waals surface area contributed by atoms with Crippen molar-refractivity contribution in [2.45, 2.75) is 10.6 Å². The number of nitro benzene ring substituents is 1. The second-order valence-electron chi connectivity index (χ2n) is 4.21. The number of halogens is 2. The van der Waals surface area contributed by atoms with Gasteiger partial charge in [0.15, 0.2) is 0 Å². The van der Waals surface area contributed by atoms with E-state index in [1.165, 1.54) is 6.07 Å². The van der Waals surface area contributed by atoms with E-state index in [4.69, 9.17) is 5.73 Å². The minimum atomic E-state index is -1.47. The van der Waals surface area contributed by atoms with Gasteiger partial charge in [-0.3, -0.25) is 14.3 Å². The molecule has 0 saturated carbocycles. The van der Waals surface area contributed by atoms with Crippen LogP contribution in [0.2, 0.25) is 0 Å². The number of nitrogens with zero attached hydrogens (tertiary/aromatic N) is 1. The SMILES string of the molecule is Nc1ccc(Br)cc1S(=O)Cc1ccc([N+](=O)[O-])c(F)c1. The fourth-order valence-corrected chi connectivity index (χ4v) is 3.46. The van der Waals surface area contributed by atoms with Crippen LogP contribution in [0.1, 0.15) is 5.56 Å². The Kier molecular flexibility index (Phi) is 4.69. The summed E-state index contributed by atoms with van der Waals surface area (Å²) in [7, 11) is -1.47. The molecule has 0 spiro atoms. The largest absolute Gasteiger partial charge is 0.398 e. The van der Waals surface area contributed by atoms with Crippen LogP contribution in [0.25, 0.3) is 0 Å². The summed E-state index contributed by atoms with van der Waals surface area (Å²) < 4.78 is 26.5. The van der Waals surface area contributed by atoms with E-state index < -0.39 is 27.2 Å². The molecule has 2 N–H and O–H groups in total. The number of hydrogen-bond acceptors (Lipinski definition) is 4. The van der Waals surface area contributed by atoms with Crippen LogP contribution < -0.4 is 5.73 Å². The monoisotopic (exact) mass is 372 g/mol. The smallest absolute Gasteiger partial charge is 0.304 e. The van der Waals surface area contributed by atoms with Gasteiger partial charge in [-0.05, 0) is 29.8 Å². The first kappa shape index (κ1) is 15.6. The number of benzene rings is 2. The lowest BCUT2D eigenvalue weighted by molar-refractivity contribution is -0.387. The first-order chi connectivity index (χ1) is 9.88. The van der Waals surface area contributed by atoms with E-state index >= 15 is 0 Å². The predicted molar refractivity (Wildman–Crippen MR) is 81.7 cm³/mol. The number of anilines is 1. The van der Waals surface area contributed by atoms with Crippen molar-refractivity contribution in [1.82, 2.24) is 0 Å². The minimum Gasteiger partial charge on any atom is -0.398 e. The topological polar surface area (TPSA) is 86.2 Å². The summed E-state index contributed by atoms with van der Waals surface area (Å²) >= 11 is 3.26. The second-order valence-corrected chi connectivity index (χ2v) is 6.55. The lowest BCUT2D eigenvalue weighted by atomic mass is 10.2. The van der Waals surface area contributed by atoms with E-state index in [0.29, 0.717) is 16.1 Å². The van der Waals surface area contributed by atoms with Crippen LogP contribution in [0.3, 0.4) is 0 Å². The molecule has 0 aliphatic rings. The third kappa shape index (κ3) is 3.64. The second kappa shape index (κ2) is 6.31. The van der Waals surface area contributed by atoms with E-state index in [9.17, 15) is 18.7 Å². The summed E-state index contributed by atoms with van der Waals surface area (Å²) in [5.41, 5.74) is 5.93. The molecule has 110 valence electrons. The zero-order valence-corrected chi connectivity index (χ0v) is 13.0. The Labute approximate surface area is 130 Å². The zero-order chi connectivity index (χ0) is 15.6. The van der Waals surface area contributed by atoms with Gasteiger partial charge >= 0.3 is 5.69 Å². The number of nitrogens with two attached hydrogens (primary N) is 1. The summed E-state index contributed by atoms with van der Waals surface area (Å²) in [5, 5.41) is 10.5. The standard InChI is InChI=1S/C13H10BrFN2O3S/c14-9-2-3-11(16)13(6-9)21(20)7-8-1-4-12(17(18)19)10(15)5-8/h1-6H,7,16H2. The van der Waals surface area contributed by atoms with Crippen LogP contribution in [0, 0.1) is 15.9 Å². The fraction of sp³-hybridized carbons (Fsp3) is 0.0769. The zero-order valence-electron chi connectivity index (χ0n) is 10.6. The molecule has 2 aromatic rings. The van der Waals surface area contributed by atoms with Gasteiger partial charge in [0.05, 0.1) is 26.4 Å². The van der Waals surface area contributed by atoms with Gasteiger partial charge in [-0.1, -0.05) is 22.0 Å². The van der Waals surface area contributed by atoms with Gasteiger partial charge in [0.1, 0.15) is 0 Å². The molecule has 0 fully saturated rings. The molecule has 0 aliphatic heterocycles. The van der Waals surface area contributed by atoms with Gasteiger partial charge in [-0.25, -0.2) is 0 Å². The van der Waals surface area contributed by atoms with Crippen molar-refractivity contribution in [2.75, 3.05) is 5.73 Å². The first-order valence-electron chi connectivity index (χ1n) is 5.74. The molecule has 0 amide bonds. The predicted octanol–water partition coefficient (Wildman–Crippen LogP) is 3.39. The van der Waals surface area contributed by atoms with Crippen molar-refractivity contribution in [3.05, 3.63) is 62.4 Å². The highest BCUT2D eigenvalue weighted by Gasteiger charge is 2.16. The molecular weight excluding hydrogens is 363 g/mol. The van der Waals surface area contributed by atoms with Gasteiger partial charge in [0.25, 0.3) is 0 Å². The maximum absolute atomic E-state index is 13.5. The molecular formula is C13H10BrFN2O3S. The third-order valence-electron chi connectivity index (χ3n) is 2.73. The first-order valence-corrected chi connectivity index (χ1v) is 7.86. The Hall–Kier alpha value is -1.80. The van der Waals surface area contributed by atoms with Crippen LogP contribution in [0.15, 0.2) is 45.8 Å². The Morgan fingerprint density at radius 2 is 2.00 bits per heavy atom. The molecule has 1 unspecified atom stereocenters. The molecule has 0 radical (unpaired) electrons. The molecule has 0 heterocycles. The lowest BCUT2D eigenvalue weighted by Gasteiger charge is -2.07. The molecule has 0 bridgehead atoms. The quantitative estimate of drug-likeness (QED) is 0.506. The van der Waals surface area contributed by atoms with Crippen LogP contribution in [-0.2, 0) is 16.6 Å². The molecule has 0 aliphatic carbocycles. The molecule has 8 heteroatoms. The maximum Gasteiger partial charge on any atom is 0.304 e. The number of rotatable bonds is 4. The van der Waals surface area contributed by atoms with E-state index in [-0.39, 0.29) is 5.75 Å². The molecule has 21 heavy (non-hydrogen) atoms. The highest BCUT2D eigenvalue weighted by atomic mass is 79.9. The molecule has 0 saturated heterocycles. The van der Waals surface area contributed by atoms with Crippen molar-refractivity contribution in [1.29, 1.82) is 0 Å². The van der Waals surface area contributed by atoms with Crippen molar-refractivity contribution < 1.29 is 13.5 Å². The molecule has 2 aromatic carbocycles. The van der Waals surface area contributed by atoms with Crippen molar-refractivity contribution in [2.24, 2.45) is 0 Å². The van der Waals surface area contributed by atoms with Gasteiger partial charge < -0.3 is 5.73 Å². The summed E-state index contributed by atoms with van der Waals surface area (Å²) in [6.07, 6.45) is 0. The Bertz CT molecular complexity index is 739. The Morgan fingerprint density at radius 3 is 2.62 bits per heavy atom. The van der Waals surface area contributed by atoms with Gasteiger partial charge in [-0.15, -0.1) is 0 Å². The van der Waals surface area contributed by atoms with E-state index in [1.807, 2.05) is 0 Å². The van der Waals surface area contributed by atoms with E-state index in [2.05, 4.69) is 15.9 Å². The fourth-order valence-electron chi connectivity index (χ4n) is 1.72. The minimum absolute atomic E-state index is 0.0234. The van der Waals surface area contributed by atoms with E-state index in [1.54, 1.807) is 18.2 Å². The molecule has 0 aromatic heterocycles.